The summed E-state index contributed by atoms with van der Waals surface area (Å²) < 4.78 is 0. The highest BCUT2D eigenvalue weighted by Crippen LogP contribution is 2.03. The van der Waals surface area contributed by atoms with Crippen LogP contribution in [-0.4, -0.2) is 26.7 Å². The van der Waals surface area contributed by atoms with Gasteiger partial charge in [0.2, 0.25) is 0 Å². The summed E-state index contributed by atoms with van der Waals surface area (Å²) in [6, 6.07) is 5.91. The Bertz CT molecular complexity index is 410. The number of aromatic nitrogens is 4. The fourth-order valence-corrected chi connectivity index (χ4v) is 1.30. The first kappa shape index (κ1) is 9.64. The van der Waals surface area contributed by atoms with Crippen LogP contribution in [0.5, 0.6) is 0 Å². The molecule has 2 heterocycles. The van der Waals surface area contributed by atoms with Gasteiger partial charge in [-0.15, -0.1) is 0 Å². The van der Waals surface area contributed by atoms with Crippen molar-refractivity contribution < 1.29 is 0 Å². The lowest BCUT2D eigenvalue weighted by molar-refractivity contribution is 0.896. The molecule has 5 heteroatoms. The van der Waals surface area contributed by atoms with Crippen LogP contribution < -0.4 is 5.32 Å². The van der Waals surface area contributed by atoms with Crippen LogP contribution in [0.3, 0.4) is 0 Å². The number of nitrogens with one attached hydrogen (secondary N) is 2. The molecule has 2 rings (SSSR count). The third-order valence-electron chi connectivity index (χ3n) is 2.02. The third-order valence-corrected chi connectivity index (χ3v) is 2.02. The van der Waals surface area contributed by atoms with E-state index in [1.807, 2.05) is 25.1 Å². The summed E-state index contributed by atoms with van der Waals surface area (Å²) >= 11 is 0. The molecule has 0 saturated heterocycles. The quantitative estimate of drug-likeness (QED) is 0.782. The molecule has 0 spiro atoms. The smallest absolute Gasteiger partial charge is 0.137 e. The summed E-state index contributed by atoms with van der Waals surface area (Å²) in [5.74, 6) is 1.78. The zero-order valence-electron chi connectivity index (χ0n) is 8.57. The predicted molar refractivity (Wildman–Crippen MR) is 57.6 cm³/mol. The van der Waals surface area contributed by atoms with Gasteiger partial charge in [0.1, 0.15) is 18.0 Å². The molecule has 2 aromatic heterocycles. The largest absolute Gasteiger partial charge is 0.370 e. The molecule has 78 valence electrons. The highest BCUT2D eigenvalue weighted by Gasteiger charge is 1.96. The lowest BCUT2D eigenvalue weighted by atomic mass is 10.3. The lowest BCUT2D eigenvalue weighted by Crippen LogP contribution is -2.07. The maximum absolute atomic E-state index is 4.33. The van der Waals surface area contributed by atoms with Crippen LogP contribution in [0.2, 0.25) is 0 Å². The minimum absolute atomic E-state index is 0.797. The van der Waals surface area contributed by atoms with Crippen molar-refractivity contribution in [2.45, 2.75) is 13.3 Å². The Morgan fingerprint density at radius 3 is 3.07 bits per heavy atom. The van der Waals surface area contributed by atoms with Crippen LogP contribution in [0, 0.1) is 6.92 Å². The van der Waals surface area contributed by atoms with Crippen LogP contribution in [0.25, 0.3) is 0 Å². The number of pyridine rings is 1. The topological polar surface area (TPSA) is 66.5 Å². The van der Waals surface area contributed by atoms with Crippen molar-refractivity contribution in [3.05, 3.63) is 36.0 Å². The van der Waals surface area contributed by atoms with Crippen molar-refractivity contribution in [1.82, 2.24) is 20.2 Å². The van der Waals surface area contributed by atoms with E-state index in [0.29, 0.717) is 0 Å². The molecule has 0 aliphatic carbocycles. The Morgan fingerprint density at radius 1 is 1.40 bits per heavy atom. The van der Waals surface area contributed by atoms with Gasteiger partial charge in [-0.05, 0) is 19.1 Å². The predicted octanol–water partition coefficient (Wildman–Crippen LogP) is 1.16. The summed E-state index contributed by atoms with van der Waals surface area (Å²) in [6.07, 6.45) is 2.33. The van der Waals surface area contributed by atoms with Gasteiger partial charge in [-0.2, -0.15) is 5.10 Å². The summed E-state index contributed by atoms with van der Waals surface area (Å²) in [6.45, 7) is 2.77. The first-order valence-corrected chi connectivity index (χ1v) is 4.86. The van der Waals surface area contributed by atoms with Gasteiger partial charge in [0.15, 0.2) is 0 Å². The molecule has 15 heavy (non-hydrogen) atoms. The molecule has 0 aliphatic heterocycles. The average Bonchev–Trinajstić information content (AvgIpc) is 2.71. The normalized spacial score (nSPS) is 10.2. The molecule has 0 bridgehead atoms. The number of aryl methyl sites for hydroxylation is 1. The molecule has 0 aromatic carbocycles. The second kappa shape index (κ2) is 4.54. The summed E-state index contributed by atoms with van der Waals surface area (Å²) in [7, 11) is 0. The number of aromatic amines is 1. The van der Waals surface area contributed by atoms with Crippen LogP contribution in [0.1, 0.15) is 11.5 Å². The van der Waals surface area contributed by atoms with E-state index in [1.54, 1.807) is 0 Å². The Balaban J connectivity index is 1.83. The maximum atomic E-state index is 4.33. The highest BCUT2D eigenvalue weighted by atomic mass is 15.2. The van der Waals surface area contributed by atoms with Crippen LogP contribution >= 0.6 is 0 Å². The van der Waals surface area contributed by atoms with Gasteiger partial charge in [0.05, 0.1) is 0 Å². The summed E-state index contributed by atoms with van der Waals surface area (Å²) in [5.41, 5.74) is 1.01. The van der Waals surface area contributed by atoms with E-state index >= 15 is 0 Å². The Hall–Kier alpha value is -1.91. The monoisotopic (exact) mass is 203 g/mol. The second-order valence-electron chi connectivity index (χ2n) is 3.27. The van der Waals surface area contributed by atoms with Gasteiger partial charge in [0.25, 0.3) is 0 Å². The van der Waals surface area contributed by atoms with Gasteiger partial charge in [0, 0.05) is 18.7 Å². The number of anilines is 1. The molecule has 0 aliphatic rings. The van der Waals surface area contributed by atoms with Gasteiger partial charge < -0.3 is 5.32 Å². The summed E-state index contributed by atoms with van der Waals surface area (Å²) in [5, 5.41) is 9.82. The van der Waals surface area contributed by atoms with Crippen LogP contribution in [0.4, 0.5) is 5.82 Å². The molecule has 0 atom stereocenters. The minimum Gasteiger partial charge on any atom is -0.370 e. The molecule has 0 amide bonds. The van der Waals surface area contributed by atoms with Gasteiger partial charge in [-0.3, -0.25) is 5.10 Å². The molecular weight excluding hydrogens is 190 g/mol. The summed E-state index contributed by atoms with van der Waals surface area (Å²) in [4.78, 5) is 8.37. The van der Waals surface area contributed by atoms with Crippen molar-refractivity contribution in [3.63, 3.8) is 0 Å². The highest BCUT2D eigenvalue weighted by molar-refractivity contribution is 5.34. The van der Waals surface area contributed by atoms with E-state index in [4.69, 9.17) is 0 Å². The van der Waals surface area contributed by atoms with Crippen molar-refractivity contribution in [2.24, 2.45) is 0 Å². The third kappa shape index (κ3) is 2.77. The van der Waals surface area contributed by atoms with E-state index in [9.17, 15) is 0 Å². The van der Waals surface area contributed by atoms with Crippen molar-refractivity contribution in [2.75, 3.05) is 11.9 Å². The van der Waals surface area contributed by atoms with E-state index < -0.39 is 0 Å². The number of nitrogens with zero attached hydrogens (tertiary/aromatic N) is 3. The van der Waals surface area contributed by atoms with Gasteiger partial charge in [-0.1, -0.05) is 6.07 Å². The SMILES string of the molecule is Cc1cccc(NCCc2ncn[nH]2)n1. The molecule has 0 unspecified atom stereocenters. The second-order valence-corrected chi connectivity index (χ2v) is 3.27. The van der Waals surface area contributed by atoms with Gasteiger partial charge >= 0.3 is 0 Å². The van der Waals surface area contributed by atoms with E-state index in [0.717, 1.165) is 30.3 Å². The number of rotatable bonds is 4. The Morgan fingerprint density at radius 2 is 2.33 bits per heavy atom. The lowest BCUT2D eigenvalue weighted by Gasteiger charge is -2.04. The molecule has 2 N–H and O–H groups in total. The average molecular weight is 203 g/mol. The van der Waals surface area contributed by atoms with Crippen LogP contribution in [-0.2, 0) is 6.42 Å². The standard InChI is InChI=1S/C10H13N5/c1-8-3-2-4-9(14-8)11-6-5-10-12-7-13-15-10/h2-4,7H,5-6H2,1H3,(H,11,14)(H,12,13,15). The molecule has 0 fully saturated rings. The number of hydrogen-bond acceptors (Lipinski definition) is 4. The minimum atomic E-state index is 0.797. The first-order chi connectivity index (χ1) is 7.34. The fourth-order valence-electron chi connectivity index (χ4n) is 1.30. The fraction of sp³-hybridized carbons (Fsp3) is 0.300. The Kier molecular flexibility index (Phi) is 2.92. The molecule has 5 nitrogen and oxygen atoms in total. The van der Waals surface area contributed by atoms with E-state index in [2.05, 4.69) is 25.5 Å². The van der Waals surface area contributed by atoms with Crippen molar-refractivity contribution >= 4 is 5.82 Å². The zero-order valence-corrected chi connectivity index (χ0v) is 8.57. The molecule has 0 radical (unpaired) electrons. The molecule has 2 aromatic rings. The molecule has 0 saturated carbocycles. The maximum Gasteiger partial charge on any atom is 0.137 e. The van der Waals surface area contributed by atoms with Crippen molar-refractivity contribution in [1.29, 1.82) is 0 Å². The van der Waals surface area contributed by atoms with Gasteiger partial charge in [-0.25, -0.2) is 9.97 Å². The number of H-pyrrole nitrogens is 1. The van der Waals surface area contributed by atoms with Crippen molar-refractivity contribution in [3.8, 4) is 0 Å². The first-order valence-electron chi connectivity index (χ1n) is 4.86. The zero-order chi connectivity index (χ0) is 10.5. The van der Waals surface area contributed by atoms with E-state index in [1.165, 1.54) is 6.33 Å². The molecular formula is C10H13N5. The number of hydrogen-bond donors (Lipinski definition) is 2. The van der Waals surface area contributed by atoms with Crippen LogP contribution in [0.15, 0.2) is 24.5 Å². The van der Waals surface area contributed by atoms with E-state index in [-0.39, 0.29) is 0 Å². The Labute approximate surface area is 88.0 Å².